The molecule has 1 aromatic rings. The lowest BCUT2D eigenvalue weighted by Crippen LogP contribution is -2.11. The summed E-state index contributed by atoms with van der Waals surface area (Å²) in [5.74, 6) is -0.145. The predicted molar refractivity (Wildman–Crippen MR) is 56.8 cm³/mol. The molecule has 4 N–H and O–H groups in total. The quantitative estimate of drug-likeness (QED) is 0.752. The molecule has 0 aliphatic heterocycles. The van der Waals surface area contributed by atoms with E-state index >= 15 is 0 Å². The van der Waals surface area contributed by atoms with Crippen LogP contribution in [0.15, 0.2) is 12.1 Å². The monoisotopic (exact) mass is 235 g/mol. The van der Waals surface area contributed by atoms with Gasteiger partial charge in [-0.25, -0.2) is 0 Å². The number of benzene rings is 1. The molecule has 78 valence electrons. The zero-order valence-corrected chi connectivity index (χ0v) is 8.89. The van der Waals surface area contributed by atoms with Gasteiger partial charge in [0.25, 0.3) is 0 Å². The largest absolute Gasteiger partial charge is 0.505 e. The van der Waals surface area contributed by atoms with Gasteiger partial charge >= 0.3 is 0 Å². The summed E-state index contributed by atoms with van der Waals surface area (Å²) in [7, 11) is 0. The van der Waals surface area contributed by atoms with E-state index in [0.717, 1.165) is 0 Å². The molecule has 0 aromatic heterocycles. The van der Waals surface area contributed by atoms with E-state index in [0.29, 0.717) is 12.0 Å². The van der Waals surface area contributed by atoms with Crippen molar-refractivity contribution in [3.63, 3.8) is 0 Å². The highest BCUT2D eigenvalue weighted by Crippen LogP contribution is 2.34. The summed E-state index contributed by atoms with van der Waals surface area (Å²) in [5, 5.41) is 18.3. The number of phenolic OH excluding ortho intramolecular Hbond substituents is 1. The van der Waals surface area contributed by atoms with Crippen molar-refractivity contribution in [2.45, 2.75) is 12.5 Å². The fourth-order valence-corrected chi connectivity index (χ4v) is 1.61. The van der Waals surface area contributed by atoms with Gasteiger partial charge in [-0.05, 0) is 24.1 Å². The van der Waals surface area contributed by atoms with Crippen molar-refractivity contribution in [1.82, 2.24) is 0 Å². The van der Waals surface area contributed by atoms with Gasteiger partial charge in [0.15, 0.2) is 5.75 Å². The molecule has 14 heavy (non-hydrogen) atoms. The standard InChI is InChI=1S/C9H11Cl2NO2/c10-6-3-5(8(12)1-2-13)4-7(11)9(6)14/h3-4,8,13-14H,1-2,12H2/t8-/m1/s1. The molecule has 1 aromatic carbocycles. The Morgan fingerprint density at radius 2 is 1.79 bits per heavy atom. The molecule has 5 heteroatoms. The molecule has 0 aliphatic carbocycles. The van der Waals surface area contributed by atoms with E-state index in [-0.39, 0.29) is 28.4 Å². The van der Waals surface area contributed by atoms with Gasteiger partial charge < -0.3 is 15.9 Å². The highest BCUT2D eigenvalue weighted by molar-refractivity contribution is 6.37. The lowest BCUT2D eigenvalue weighted by molar-refractivity contribution is 0.276. The second kappa shape index (κ2) is 4.84. The van der Waals surface area contributed by atoms with Crippen LogP contribution >= 0.6 is 23.2 Å². The second-order valence-electron chi connectivity index (χ2n) is 2.95. The maximum Gasteiger partial charge on any atom is 0.152 e. The highest BCUT2D eigenvalue weighted by atomic mass is 35.5. The van der Waals surface area contributed by atoms with Gasteiger partial charge in [0.1, 0.15) is 0 Å². The van der Waals surface area contributed by atoms with Gasteiger partial charge in [0, 0.05) is 12.6 Å². The molecule has 3 nitrogen and oxygen atoms in total. The summed E-state index contributed by atoms with van der Waals surface area (Å²) >= 11 is 11.4. The average Bonchev–Trinajstić information content (AvgIpc) is 2.13. The Labute approximate surface area is 92.1 Å². The fraction of sp³-hybridized carbons (Fsp3) is 0.333. The van der Waals surface area contributed by atoms with Crippen LogP contribution in [0.5, 0.6) is 5.75 Å². The van der Waals surface area contributed by atoms with Gasteiger partial charge in [-0.1, -0.05) is 23.2 Å². The van der Waals surface area contributed by atoms with Gasteiger partial charge in [0.2, 0.25) is 0 Å². The zero-order chi connectivity index (χ0) is 10.7. The summed E-state index contributed by atoms with van der Waals surface area (Å²) in [6, 6.07) is 2.77. The first-order chi connectivity index (χ1) is 6.56. The maximum absolute atomic E-state index is 9.29. The number of aromatic hydroxyl groups is 1. The Bertz CT molecular complexity index is 308. The number of aliphatic hydroxyl groups excluding tert-OH is 1. The van der Waals surface area contributed by atoms with Gasteiger partial charge in [-0.3, -0.25) is 0 Å². The van der Waals surface area contributed by atoms with Crippen LogP contribution in [0.25, 0.3) is 0 Å². The molecule has 0 unspecified atom stereocenters. The lowest BCUT2D eigenvalue weighted by atomic mass is 10.1. The van der Waals surface area contributed by atoms with Crippen LogP contribution in [0.4, 0.5) is 0 Å². The molecule has 0 saturated heterocycles. The molecule has 0 amide bonds. The molecule has 0 heterocycles. The van der Waals surface area contributed by atoms with Crippen LogP contribution < -0.4 is 5.73 Å². The molecular formula is C9H11Cl2NO2. The summed E-state index contributed by atoms with van der Waals surface area (Å²) in [6.07, 6.45) is 0.428. The van der Waals surface area contributed by atoms with Crippen molar-refractivity contribution < 1.29 is 10.2 Å². The van der Waals surface area contributed by atoms with Crippen LogP contribution in [-0.4, -0.2) is 16.8 Å². The number of phenols is 1. The first kappa shape index (κ1) is 11.6. The number of hydrogen-bond acceptors (Lipinski definition) is 3. The lowest BCUT2D eigenvalue weighted by Gasteiger charge is -2.12. The Kier molecular flexibility index (Phi) is 4.01. The SMILES string of the molecule is N[C@H](CCO)c1cc(Cl)c(O)c(Cl)c1. The van der Waals surface area contributed by atoms with Crippen LogP contribution in [0.1, 0.15) is 18.0 Å². The molecule has 0 fully saturated rings. The number of halogens is 2. The third-order valence-corrected chi connectivity index (χ3v) is 2.48. The Balaban J connectivity index is 3.00. The van der Waals surface area contributed by atoms with Gasteiger partial charge in [-0.15, -0.1) is 0 Å². The van der Waals surface area contributed by atoms with Crippen molar-refractivity contribution >= 4 is 23.2 Å². The molecule has 0 aliphatic rings. The Morgan fingerprint density at radius 3 is 2.21 bits per heavy atom. The second-order valence-corrected chi connectivity index (χ2v) is 3.77. The normalized spacial score (nSPS) is 12.9. The molecule has 0 spiro atoms. The molecular weight excluding hydrogens is 225 g/mol. The smallest absolute Gasteiger partial charge is 0.152 e. The van der Waals surface area contributed by atoms with E-state index in [1.165, 1.54) is 0 Å². The third-order valence-electron chi connectivity index (χ3n) is 1.91. The minimum Gasteiger partial charge on any atom is -0.505 e. The van der Waals surface area contributed by atoms with E-state index < -0.39 is 0 Å². The summed E-state index contributed by atoms with van der Waals surface area (Å²) in [6.45, 7) is -0.00270. The first-order valence-corrected chi connectivity index (χ1v) is 4.86. The molecule has 1 rings (SSSR count). The van der Waals surface area contributed by atoms with Crippen molar-refractivity contribution in [2.24, 2.45) is 5.73 Å². The summed E-state index contributed by atoms with van der Waals surface area (Å²) in [4.78, 5) is 0. The maximum atomic E-state index is 9.29. The Hall–Kier alpha value is -0.480. The van der Waals surface area contributed by atoms with E-state index in [4.69, 9.17) is 34.0 Å². The molecule has 1 atom stereocenters. The summed E-state index contributed by atoms with van der Waals surface area (Å²) in [5.41, 5.74) is 6.44. The van der Waals surface area contributed by atoms with Crippen molar-refractivity contribution in [3.05, 3.63) is 27.7 Å². The van der Waals surface area contributed by atoms with Crippen molar-refractivity contribution in [1.29, 1.82) is 0 Å². The van der Waals surface area contributed by atoms with Crippen LogP contribution in [0, 0.1) is 0 Å². The first-order valence-electron chi connectivity index (χ1n) is 4.10. The van der Waals surface area contributed by atoms with Crippen molar-refractivity contribution in [3.8, 4) is 5.75 Å². The van der Waals surface area contributed by atoms with Gasteiger partial charge in [-0.2, -0.15) is 0 Å². The van der Waals surface area contributed by atoms with Gasteiger partial charge in [0.05, 0.1) is 10.0 Å². The fourth-order valence-electron chi connectivity index (χ4n) is 1.10. The number of hydrogen-bond donors (Lipinski definition) is 3. The van der Waals surface area contributed by atoms with Crippen LogP contribution in [0.2, 0.25) is 10.0 Å². The van der Waals surface area contributed by atoms with Crippen LogP contribution in [-0.2, 0) is 0 Å². The number of nitrogens with two attached hydrogens (primary N) is 1. The topological polar surface area (TPSA) is 66.5 Å². The van der Waals surface area contributed by atoms with E-state index in [9.17, 15) is 5.11 Å². The molecule has 0 radical (unpaired) electrons. The van der Waals surface area contributed by atoms with E-state index in [1.807, 2.05) is 0 Å². The zero-order valence-electron chi connectivity index (χ0n) is 7.37. The predicted octanol–water partition coefficient (Wildman–Crippen LogP) is 2.08. The average molecular weight is 236 g/mol. The molecule has 0 saturated carbocycles. The van der Waals surface area contributed by atoms with E-state index in [1.54, 1.807) is 12.1 Å². The molecule has 0 bridgehead atoms. The minimum atomic E-state index is -0.324. The number of aliphatic hydroxyl groups is 1. The number of rotatable bonds is 3. The Morgan fingerprint density at radius 1 is 1.29 bits per heavy atom. The minimum absolute atomic E-state index is 0.00270. The van der Waals surface area contributed by atoms with E-state index in [2.05, 4.69) is 0 Å². The third kappa shape index (κ3) is 2.51. The summed E-state index contributed by atoms with van der Waals surface area (Å²) < 4.78 is 0. The van der Waals surface area contributed by atoms with Crippen LogP contribution in [0.3, 0.4) is 0 Å². The van der Waals surface area contributed by atoms with Crippen molar-refractivity contribution in [2.75, 3.05) is 6.61 Å². The highest BCUT2D eigenvalue weighted by Gasteiger charge is 2.11.